The molecule has 24 heteroatoms. The van der Waals surface area contributed by atoms with Crippen LogP contribution in [0.2, 0.25) is 0 Å². The Kier molecular flexibility index (Phi) is 35.8. The molecule has 3 aliphatic rings. The maximum Gasteiger partial charge on any atom is 0.472 e. The van der Waals surface area contributed by atoms with E-state index in [-0.39, 0.29) is 12.8 Å². The predicted molar refractivity (Wildman–Crippen MR) is 282 cm³/mol. The predicted octanol–water partition coefficient (Wildman–Crippen LogP) is 3.54. The minimum atomic E-state index is -5.63. The Morgan fingerprint density at radius 1 is 0.474 bits per heavy atom. The van der Waals surface area contributed by atoms with Gasteiger partial charge in [0.25, 0.3) is 0 Å². The summed E-state index contributed by atoms with van der Waals surface area (Å²) in [7, 11) is -5.63. The molecule has 1 saturated carbocycles. The fraction of sp³-hybridized carbons (Fsp3) is 0.926. The lowest BCUT2D eigenvalue weighted by Gasteiger charge is -2.49. The second kappa shape index (κ2) is 39.6. The van der Waals surface area contributed by atoms with Gasteiger partial charge >= 0.3 is 19.8 Å². The molecule has 10 unspecified atom stereocenters. The first-order valence-corrected chi connectivity index (χ1v) is 30.5. The molecule has 0 bridgehead atoms. The molecule has 3 fully saturated rings. The Morgan fingerprint density at radius 3 is 1.27 bits per heavy atom. The van der Waals surface area contributed by atoms with Crippen LogP contribution in [0.25, 0.3) is 0 Å². The molecule has 0 amide bonds. The van der Waals surface area contributed by atoms with Gasteiger partial charge in [0.05, 0.1) is 19.8 Å². The summed E-state index contributed by atoms with van der Waals surface area (Å²) in [5.74, 6) is -1.34. The molecule has 2 saturated heterocycles. The van der Waals surface area contributed by atoms with Crippen LogP contribution in [0.1, 0.15) is 187 Å². The average Bonchev–Trinajstić information content (AvgIpc) is 3.47. The number of allylic oxidation sites excluding steroid dienone is 2. The fourth-order valence-electron chi connectivity index (χ4n) is 9.70. The summed E-state index contributed by atoms with van der Waals surface area (Å²) in [6, 6.07) is 0. The van der Waals surface area contributed by atoms with E-state index in [1.165, 1.54) is 83.5 Å². The van der Waals surface area contributed by atoms with E-state index in [0.717, 1.165) is 64.2 Å². The highest BCUT2D eigenvalue weighted by molar-refractivity contribution is 7.47. The number of ether oxygens (including phenoxy) is 6. The number of aliphatic hydroxyl groups excluding tert-OH is 11. The number of hydrogen-bond donors (Lipinski definition) is 12. The maximum atomic E-state index is 14.0. The Labute approximate surface area is 461 Å². The number of rotatable bonds is 42. The summed E-state index contributed by atoms with van der Waals surface area (Å²) in [5, 5.41) is 116. The number of carbonyl (C=O) groups excluding carboxylic acids is 2. The van der Waals surface area contributed by atoms with Crippen molar-refractivity contribution < 1.29 is 113 Å². The van der Waals surface area contributed by atoms with Gasteiger partial charge in [-0.25, -0.2) is 4.57 Å². The minimum absolute atomic E-state index is 0.0391. The zero-order valence-electron chi connectivity index (χ0n) is 46.2. The minimum Gasteiger partial charge on any atom is -0.462 e. The number of phosphoric ester groups is 1. The number of carbonyl (C=O) groups is 2. The zero-order chi connectivity index (χ0) is 57.5. The van der Waals surface area contributed by atoms with Gasteiger partial charge in [-0.05, 0) is 38.5 Å². The molecule has 0 aromatic carbocycles. The van der Waals surface area contributed by atoms with Crippen LogP contribution in [0.3, 0.4) is 0 Å². The van der Waals surface area contributed by atoms with Crippen LogP contribution in [0.15, 0.2) is 12.2 Å². The third kappa shape index (κ3) is 25.4. The van der Waals surface area contributed by atoms with Crippen LogP contribution < -0.4 is 0 Å². The van der Waals surface area contributed by atoms with E-state index in [9.17, 15) is 75.2 Å². The topological polar surface area (TPSA) is 368 Å². The fourth-order valence-corrected chi connectivity index (χ4v) is 10.7. The molecule has 23 nitrogen and oxygen atoms in total. The van der Waals surface area contributed by atoms with Crippen LogP contribution in [0, 0.1) is 0 Å². The summed E-state index contributed by atoms with van der Waals surface area (Å²) < 4.78 is 58.0. The lowest BCUT2D eigenvalue weighted by atomic mass is 9.84. The molecule has 0 aromatic heterocycles. The summed E-state index contributed by atoms with van der Waals surface area (Å²) >= 11 is 0. The molecule has 78 heavy (non-hydrogen) atoms. The van der Waals surface area contributed by atoms with Crippen molar-refractivity contribution in [2.75, 3.05) is 26.4 Å². The number of hydrogen-bond acceptors (Lipinski definition) is 22. The van der Waals surface area contributed by atoms with Gasteiger partial charge in [-0.1, -0.05) is 148 Å². The quantitative estimate of drug-likeness (QED) is 0.0180. The van der Waals surface area contributed by atoms with Crippen LogP contribution in [0.5, 0.6) is 0 Å². The monoisotopic (exact) mass is 1150 g/mol. The third-order valence-electron chi connectivity index (χ3n) is 14.6. The number of unbranched alkanes of at least 4 members (excludes halogenated alkanes) is 22. The van der Waals surface area contributed by atoms with Gasteiger partial charge in [0.1, 0.15) is 92.1 Å². The van der Waals surface area contributed by atoms with Crippen LogP contribution in [0.4, 0.5) is 0 Å². The first-order chi connectivity index (χ1) is 37.4. The third-order valence-corrected chi connectivity index (χ3v) is 15.6. The van der Waals surface area contributed by atoms with E-state index < -0.39 is 150 Å². The van der Waals surface area contributed by atoms with Crippen molar-refractivity contribution in [3.05, 3.63) is 12.2 Å². The van der Waals surface area contributed by atoms with E-state index in [1.807, 2.05) is 0 Å². The normalized spacial score (nSPS) is 31.8. The van der Waals surface area contributed by atoms with E-state index in [4.69, 9.17) is 37.5 Å². The molecular formula is C54H99O23P. The average molecular weight is 1150 g/mol. The van der Waals surface area contributed by atoms with E-state index in [1.54, 1.807) is 0 Å². The molecule has 3 rings (SSSR count). The molecular weight excluding hydrogens is 1050 g/mol. The standard InChI is InChI=1S/C54H99O23P/c1-3-5-7-9-11-13-15-17-19-20-22-24-26-28-30-39(57)70-34-36(72-40(58)31-29-27-25-23-21-18-16-14-12-10-8-6-4-2)35-71-78(68,69)77-52-50(75-53-48(66)43(61)41(59)37(32-55)73-53)46(64)45(63)47(65)51(52)76-54-49(67)44(62)42(60)38(33-56)74-54/h14,16,36-38,41-56,59-67H,3-13,15,17-35H2,1-2H3,(H,68,69)/b16-14-/t36-,37?,38?,41-,42+,43?,44?,45?,46?,47?,48-,49+,50-,51?,52?,53-,54+/m1/s1. The van der Waals surface area contributed by atoms with Crippen molar-refractivity contribution in [3.8, 4) is 0 Å². The molecule has 1 aliphatic carbocycles. The largest absolute Gasteiger partial charge is 0.472 e. The molecule has 0 radical (unpaired) electrons. The Hall–Kier alpha value is -1.81. The number of esters is 2. The summed E-state index contributed by atoms with van der Waals surface area (Å²) in [6.45, 7) is 0.980. The van der Waals surface area contributed by atoms with Gasteiger partial charge in [-0.3, -0.25) is 18.6 Å². The molecule has 12 N–H and O–H groups in total. The van der Waals surface area contributed by atoms with E-state index in [0.29, 0.717) is 12.8 Å². The smallest absolute Gasteiger partial charge is 0.462 e. The maximum absolute atomic E-state index is 14.0. The van der Waals surface area contributed by atoms with E-state index >= 15 is 0 Å². The van der Waals surface area contributed by atoms with Crippen molar-refractivity contribution in [2.24, 2.45) is 0 Å². The van der Waals surface area contributed by atoms with E-state index in [2.05, 4.69) is 26.0 Å². The number of aliphatic hydroxyl groups is 11. The van der Waals surface area contributed by atoms with Gasteiger partial charge in [-0.15, -0.1) is 0 Å². The Bertz CT molecular complexity index is 1610. The summed E-state index contributed by atoms with van der Waals surface area (Å²) in [6.07, 6.45) is -3.68. The second-order valence-corrected chi connectivity index (χ2v) is 22.6. The van der Waals surface area contributed by atoms with Crippen LogP contribution in [-0.4, -0.2) is 204 Å². The highest BCUT2D eigenvalue weighted by Gasteiger charge is 2.58. The van der Waals surface area contributed by atoms with Gasteiger partial charge in [0.2, 0.25) is 0 Å². The van der Waals surface area contributed by atoms with Gasteiger partial charge in [0.15, 0.2) is 18.7 Å². The number of phosphoric acid groups is 1. The lowest BCUT2D eigenvalue weighted by molar-refractivity contribution is -0.360. The SMILES string of the molecule is CCCCCC/C=C\CCCCCCCC(=O)O[C@H](COC(=O)CCCCCCCCCCCCCCCC)COP(=O)(O)OC1C(O[C@@H]2OC(CO)[C@H](O)C(O)[C@@H]2O)C(O)C(O)C(O)[C@H]1O[C@H]1OC(CO)[C@@H](O)C(O)[C@H]1O. The van der Waals surface area contributed by atoms with Crippen molar-refractivity contribution >= 4 is 19.8 Å². The first-order valence-electron chi connectivity index (χ1n) is 29.0. The van der Waals surface area contributed by atoms with Crippen molar-refractivity contribution in [1.29, 1.82) is 0 Å². The Morgan fingerprint density at radius 2 is 0.846 bits per heavy atom. The van der Waals surface area contributed by atoms with Gasteiger partial charge in [-0.2, -0.15) is 0 Å². The molecule has 18 atom stereocenters. The van der Waals surface area contributed by atoms with Crippen LogP contribution >= 0.6 is 7.82 Å². The van der Waals surface area contributed by atoms with Crippen molar-refractivity contribution in [3.63, 3.8) is 0 Å². The second-order valence-electron chi connectivity index (χ2n) is 21.2. The molecule has 2 aliphatic heterocycles. The van der Waals surface area contributed by atoms with Crippen LogP contribution in [-0.2, 0) is 51.6 Å². The van der Waals surface area contributed by atoms with Gasteiger partial charge < -0.3 is 89.5 Å². The Balaban J connectivity index is 1.72. The lowest BCUT2D eigenvalue weighted by Crippen LogP contribution is -2.69. The first kappa shape index (κ1) is 70.5. The molecule has 0 aromatic rings. The zero-order valence-corrected chi connectivity index (χ0v) is 47.1. The van der Waals surface area contributed by atoms with Crippen molar-refractivity contribution in [2.45, 2.75) is 291 Å². The molecule has 2 heterocycles. The van der Waals surface area contributed by atoms with Crippen molar-refractivity contribution in [1.82, 2.24) is 0 Å². The molecule has 458 valence electrons. The summed E-state index contributed by atoms with van der Waals surface area (Å²) in [4.78, 5) is 37.4. The van der Waals surface area contributed by atoms with Gasteiger partial charge in [0, 0.05) is 12.8 Å². The highest BCUT2D eigenvalue weighted by atomic mass is 31.2. The summed E-state index contributed by atoms with van der Waals surface area (Å²) in [5.41, 5.74) is 0. The molecule has 0 spiro atoms. The highest BCUT2D eigenvalue weighted by Crippen LogP contribution is 2.49.